The van der Waals surface area contributed by atoms with E-state index >= 15 is 0 Å². The van der Waals surface area contributed by atoms with Crippen LogP contribution in [-0.4, -0.2) is 27.9 Å². The third-order valence-electron chi connectivity index (χ3n) is 2.17. The largest absolute Gasteiger partial charge is 0.480 e. The van der Waals surface area contributed by atoms with Crippen LogP contribution in [-0.2, 0) is 4.79 Å². The summed E-state index contributed by atoms with van der Waals surface area (Å²) >= 11 is 0. The molecule has 1 atom stereocenters. The molecule has 84 valence electrons. The average Bonchev–Trinajstić information content (AvgIpc) is 2.17. The van der Waals surface area contributed by atoms with Crippen LogP contribution in [0.1, 0.15) is 28.8 Å². The summed E-state index contributed by atoms with van der Waals surface area (Å²) in [6.45, 7) is 1.41. The third kappa shape index (κ3) is 2.44. The number of rotatable bonds is 4. The zero-order chi connectivity index (χ0) is 12.3. The number of hydrogen-bond acceptors (Lipinski definition) is 3. The molecule has 1 unspecified atom stereocenters. The van der Waals surface area contributed by atoms with E-state index in [9.17, 15) is 9.59 Å². The summed E-state index contributed by atoms with van der Waals surface area (Å²) in [6.07, 6.45) is 0. The van der Waals surface area contributed by atoms with Crippen molar-refractivity contribution in [1.82, 2.24) is 0 Å². The number of carbonyl (C=O) groups is 2. The topological polar surface area (TPSA) is 98.5 Å². The van der Waals surface area contributed by atoms with E-state index in [0.717, 1.165) is 0 Å². The Morgan fingerprint density at radius 2 is 1.69 bits per heavy atom. The third-order valence-corrected chi connectivity index (χ3v) is 2.17. The lowest BCUT2D eigenvalue weighted by molar-refractivity contribution is -0.137. The van der Waals surface area contributed by atoms with Gasteiger partial charge in [0.05, 0.1) is 5.56 Å². The molecule has 0 heterocycles. The maximum Gasteiger partial charge on any atom is 0.335 e. The molecule has 0 aliphatic carbocycles. The van der Waals surface area contributed by atoms with Crippen molar-refractivity contribution in [2.24, 2.45) is 0 Å². The molecule has 0 spiro atoms. The van der Waals surface area contributed by atoms with Crippen molar-refractivity contribution in [2.75, 3.05) is 0 Å². The van der Waals surface area contributed by atoms with Gasteiger partial charge in [0.1, 0.15) is 5.92 Å². The van der Waals surface area contributed by atoms with E-state index in [-0.39, 0.29) is 11.3 Å². The lowest BCUT2D eigenvalue weighted by Crippen LogP contribution is -2.18. The number of benzene rings is 1. The quantitative estimate of drug-likeness (QED) is 0.672. The van der Waals surface area contributed by atoms with Gasteiger partial charge in [0.15, 0.2) is 0 Å². The molecule has 1 aromatic rings. The van der Waals surface area contributed by atoms with Gasteiger partial charge in [0.2, 0.25) is 0 Å². The van der Waals surface area contributed by atoms with Crippen molar-refractivity contribution in [3.05, 3.63) is 35.4 Å². The van der Waals surface area contributed by atoms with Crippen molar-refractivity contribution in [2.45, 2.75) is 12.8 Å². The van der Waals surface area contributed by atoms with Crippen molar-refractivity contribution in [1.29, 1.82) is 5.41 Å². The second-order valence-corrected chi connectivity index (χ2v) is 3.38. The summed E-state index contributed by atoms with van der Waals surface area (Å²) in [5.74, 6) is -3.19. The Morgan fingerprint density at radius 1 is 1.19 bits per heavy atom. The second-order valence-electron chi connectivity index (χ2n) is 3.38. The van der Waals surface area contributed by atoms with E-state index in [1.807, 2.05) is 0 Å². The lowest BCUT2D eigenvalue weighted by atomic mass is 9.94. The van der Waals surface area contributed by atoms with Gasteiger partial charge in [-0.15, -0.1) is 0 Å². The minimum Gasteiger partial charge on any atom is -0.480 e. The number of nitrogens with one attached hydrogen (secondary N) is 1. The van der Waals surface area contributed by atoms with E-state index in [1.165, 1.54) is 31.2 Å². The molecule has 0 aliphatic heterocycles. The molecule has 0 radical (unpaired) electrons. The van der Waals surface area contributed by atoms with Crippen LogP contribution in [0.25, 0.3) is 0 Å². The first-order chi connectivity index (χ1) is 7.43. The lowest BCUT2D eigenvalue weighted by Gasteiger charge is -2.11. The van der Waals surface area contributed by atoms with Crippen LogP contribution in [0.4, 0.5) is 0 Å². The smallest absolute Gasteiger partial charge is 0.335 e. The van der Waals surface area contributed by atoms with Crippen LogP contribution in [0.2, 0.25) is 0 Å². The van der Waals surface area contributed by atoms with Gasteiger partial charge in [0, 0.05) is 5.71 Å². The summed E-state index contributed by atoms with van der Waals surface area (Å²) in [5.41, 5.74) is 0.510. The van der Waals surface area contributed by atoms with Crippen LogP contribution < -0.4 is 0 Å². The van der Waals surface area contributed by atoms with E-state index in [0.29, 0.717) is 5.56 Å². The first kappa shape index (κ1) is 11.9. The fourth-order valence-corrected chi connectivity index (χ4v) is 1.40. The van der Waals surface area contributed by atoms with Gasteiger partial charge in [-0.3, -0.25) is 4.79 Å². The molecule has 0 aliphatic rings. The maximum atomic E-state index is 10.9. The molecular weight excluding hydrogens is 210 g/mol. The molecule has 5 heteroatoms. The molecule has 0 fully saturated rings. The molecule has 0 amide bonds. The Hall–Kier alpha value is -2.17. The SMILES string of the molecule is CC(=N)C(C(=O)O)c1ccc(C(=O)O)cc1. The minimum atomic E-state index is -1.12. The van der Waals surface area contributed by atoms with Crippen molar-refractivity contribution in [3.63, 3.8) is 0 Å². The standard InChI is InChI=1S/C11H11NO4/c1-6(12)9(11(15)16)7-2-4-8(5-3-7)10(13)14/h2-5,9,12H,1H3,(H,13,14)(H,15,16). The fraction of sp³-hybridized carbons (Fsp3) is 0.182. The highest BCUT2D eigenvalue weighted by Gasteiger charge is 2.22. The van der Waals surface area contributed by atoms with E-state index in [1.54, 1.807) is 0 Å². The molecule has 3 N–H and O–H groups in total. The molecular formula is C11H11NO4. The Kier molecular flexibility index (Phi) is 3.40. The predicted molar refractivity (Wildman–Crippen MR) is 57.2 cm³/mol. The molecule has 0 bridgehead atoms. The molecule has 16 heavy (non-hydrogen) atoms. The van der Waals surface area contributed by atoms with Gasteiger partial charge < -0.3 is 15.6 Å². The summed E-state index contributed by atoms with van der Waals surface area (Å²) in [4.78, 5) is 21.5. The van der Waals surface area contributed by atoms with Crippen LogP contribution in [0.3, 0.4) is 0 Å². The zero-order valence-corrected chi connectivity index (χ0v) is 8.60. The maximum absolute atomic E-state index is 10.9. The summed E-state index contributed by atoms with van der Waals surface area (Å²) < 4.78 is 0. The van der Waals surface area contributed by atoms with Crippen LogP contribution >= 0.6 is 0 Å². The number of hydrogen-bond donors (Lipinski definition) is 3. The van der Waals surface area contributed by atoms with Gasteiger partial charge in [-0.2, -0.15) is 0 Å². The van der Waals surface area contributed by atoms with Crippen molar-refractivity contribution >= 4 is 17.7 Å². The highest BCUT2D eigenvalue weighted by atomic mass is 16.4. The molecule has 0 aromatic heterocycles. The monoisotopic (exact) mass is 221 g/mol. The van der Waals surface area contributed by atoms with Crippen molar-refractivity contribution in [3.8, 4) is 0 Å². The van der Waals surface area contributed by atoms with Gasteiger partial charge in [-0.1, -0.05) is 12.1 Å². The average molecular weight is 221 g/mol. The number of carboxylic acid groups (broad SMARTS) is 2. The van der Waals surface area contributed by atoms with E-state index in [4.69, 9.17) is 15.6 Å². The van der Waals surface area contributed by atoms with Crippen LogP contribution in [0.5, 0.6) is 0 Å². The molecule has 0 saturated heterocycles. The van der Waals surface area contributed by atoms with Gasteiger partial charge in [-0.05, 0) is 24.6 Å². The minimum absolute atomic E-state index is 0.00979. The number of aliphatic carboxylic acids is 1. The fourth-order valence-electron chi connectivity index (χ4n) is 1.40. The van der Waals surface area contributed by atoms with E-state index < -0.39 is 17.9 Å². The van der Waals surface area contributed by atoms with Crippen molar-refractivity contribution < 1.29 is 19.8 Å². The molecule has 0 saturated carbocycles. The Morgan fingerprint density at radius 3 is 2.00 bits per heavy atom. The normalized spacial score (nSPS) is 11.8. The van der Waals surface area contributed by atoms with Gasteiger partial charge >= 0.3 is 11.9 Å². The second kappa shape index (κ2) is 4.57. The number of carboxylic acids is 2. The highest BCUT2D eigenvalue weighted by Crippen LogP contribution is 2.18. The van der Waals surface area contributed by atoms with Gasteiger partial charge in [-0.25, -0.2) is 4.79 Å². The molecule has 1 aromatic carbocycles. The van der Waals surface area contributed by atoms with Crippen LogP contribution in [0, 0.1) is 5.41 Å². The Balaban J connectivity index is 3.08. The van der Waals surface area contributed by atoms with Gasteiger partial charge in [0.25, 0.3) is 0 Å². The summed E-state index contributed by atoms with van der Waals surface area (Å²) in [7, 11) is 0. The van der Waals surface area contributed by atoms with Crippen LogP contribution in [0.15, 0.2) is 24.3 Å². The molecule has 5 nitrogen and oxygen atoms in total. The first-order valence-corrected chi connectivity index (χ1v) is 4.54. The predicted octanol–water partition coefficient (Wildman–Crippen LogP) is 1.59. The first-order valence-electron chi connectivity index (χ1n) is 4.54. The number of aromatic carboxylic acids is 1. The molecule has 1 rings (SSSR count). The Bertz CT molecular complexity index is 422. The summed E-state index contributed by atoms with van der Waals surface area (Å²) in [5, 5.41) is 25.0. The van der Waals surface area contributed by atoms with E-state index in [2.05, 4.69) is 0 Å². The zero-order valence-electron chi connectivity index (χ0n) is 8.60. The summed E-state index contributed by atoms with van der Waals surface area (Å²) in [6, 6.07) is 5.49. The highest BCUT2D eigenvalue weighted by molar-refractivity contribution is 6.04. The Labute approximate surface area is 91.9 Å².